The van der Waals surface area contributed by atoms with Crippen LogP contribution in [0.25, 0.3) is 0 Å². The highest BCUT2D eigenvalue weighted by atomic mass is 79.9. The number of rotatable bonds is 3. The number of nitrogens with zero attached hydrogens (tertiary/aromatic N) is 2. The molecule has 2 aromatic heterocycles. The summed E-state index contributed by atoms with van der Waals surface area (Å²) in [7, 11) is 0. The maximum absolute atomic E-state index is 12.0. The van der Waals surface area contributed by atoms with Crippen molar-refractivity contribution in [2.24, 2.45) is 0 Å². The number of halogens is 1. The largest absolute Gasteiger partial charge is 0.357 e. The van der Waals surface area contributed by atoms with E-state index in [4.69, 9.17) is 0 Å². The van der Waals surface area contributed by atoms with Crippen molar-refractivity contribution in [1.82, 2.24) is 4.98 Å². The number of aromatic nitrogens is 1. The van der Waals surface area contributed by atoms with Gasteiger partial charge in [-0.3, -0.25) is 4.79 Å². The van der Waals surface area contributed by atoms with Crippen LogP contribution in [0.4, 0.5) is 11.5 Å². The van der Waals surface area contributed by atoms with Gasteiger partial charge in [0.25, 0.3) is 5.91 Å². The summed E-state index contributed by atoms with van der Waals surface area (Å²) in [5.74, 6) is 0.885. The van der Waals surface area contributed by atoms with E-state index in [0.29, 0.717) is 4.88 Å². The lowest BCUT2D eigenvalue weighted by molar-refractivity contribution is 0.103. The predicted molar refractivity (Wildman–Crippen MR) is 85.7 cm³/mol. The van der Waals surface area contributed by atoms with Gasteiger partial charge >= 0.3 is 0 Å². The Hall–Kier alpha value is -1.40. The summed E-state index contributed by atoms with van der Waals surface area (Å²) < 4.78 is 0.949. The van der Waals surface area contributed by atoms with E-state index >= 15 is 0 Å². The standard InChI is InChI=1S/C14H14BrN3OS/c15-12-5-4-11(20-12)14(19)17-10-3-6-13(16-9-10)18-7-1-2-8-18/h3-6,9H,1-2,7-8H2,(H,17,19). The Bertz CT molecular complexity index is 605. The number of amides is 1. The molecular weight excluding hydrogens is 338 g/mol. The molecule has 0 aliphatic carbocycles. The van der Waals surface area contributed by atoms with Gasteiger partial charge in [-0.1, -0.05) is 0 Å². The van der Waals surface area contributed by atoms with E-state index in [1.165, 1.54) is 24.2 Å². The zero-order valence-electron chi connectivity index (χ0n) is 10.8. The summed E-state index contributed by atoms with van der Waals surface area (Å²) >= 11 is 4.77. The molecule has 4 nitrogen and oxygen atoms in total. The summed E-state index contributed by atoms with van der Waals surface area (Å²) in [6, 6.07) is 7.54. The van der Waals surface area contributed by atoms with Crippen LogP contribution in [-0.4, -0.2) is 24.0 Å². The molecule has 1 saturated heterocycles. The average molecular weight is 352 g/mol. The second-order valence-corrected chi connectivity index (χ2v) is 7.12. The van der Waals surface area contributed by atoms with Crippen LogP contribution in [0, 0.1) is 0 Å². The molecule has 0 bridgehead atoms. The lowest BCUT2D eigenvalue weighted by Crippen LogP contribution is -2.19. The van der Waals surface area contributed by atoms with E-state index in [1.807, 2.05) is 18.2 Å². The Morgan fingerprint density at radius 1 is 1.25 bits per heavy atom. The second kappa shape index (κ2) is 5.93. The van der Waals surface area contributed by atoms with Crippen LogP contribution in [0.1, 0.15) is 22.5 Å². The number of carbonyl (C=O) groups excluding carboxylic acids is 1. The first-order valence-electron chi connectivity index (χ1n) is 6.50. The zero-order valence-corrected chi connectivity index (χ0v) is 13.2. The summed E-state index contributed by atoms with van der Waals surface area (Å²) in [6.45, 7) is 2.14. The van der Waals surface area contributed by atoms with Gasteiger partial charge in [0.1, 0.15) is 5.82 Å². The Labute approximate surface area is 130 Å². The van der Waals surface area contributed by atoms with Gasteiger partial charge in [-0.15, -0.1) is 11.3 Å². The Morgan fingerprint density at radius 3 is 2.65 bits per heavy atom. The number of anilines is 2. The van der Waals surface area contributed by atoms with Crippen molar-refractivity contribution >= 4 is 44.7 Å². The Kier molecular flexibility index (Phi) is 4.03. The highest BCUT2D eigenvalue weighted by molar-refractivity contribution is 9.11. The third kappa shape index (κ3) is 3.02. The molecule has 0 radical (unpaired) electrons. The van der Waals surface area contributed by atoms with E-state index in [1.54, 1.807) is 12.3 Å². The van der Waals surface area contributed by atoms with Gasteiger partial charge in [0.05, 0.1) is 20.5 Å². The Morgan fingerprint density at radius 2 is 2.05 bits per heavy atom. The van der Waals surface area contributed by atoms with Gasteiger partial charge in [0, 0.05) is 13.1 Å². The molecule has 3 heterocycles. The van der Waals surface area contributed by atoms with Crippen LogP contribution in [-0.2, 0) is 0 Å². The lowest BCUT2D eigenvalue weighted by Gasteiger charge is -2.16. The van der Waals surface area contributed by atoms with Gasteiger partial charge in [0.15, 0.2) is 0 Å². The minimum atomic E-state index is -0.101. The van der Waals surface area contributed by atoms with Crippen molar-refractivity contribution in [2.45, 2.75) is 12.8 Å². The first-order valence-corrected chi connectivity index (χ1v) is 8.11. The predicted octanol–water partition coefficient (Wildman–Crippen LogP) is 3.76. The highest BCUT2D eigenvalue weighted by Gasteiger charge is 2.14. The summed E-state index contributed by atoms with van der Waals surface area (Å²) in [5, 5.41) is 2.86. The fraction of sp³-hybridized carbons (Fsp3) is 0.286. The first kappa shape index (κ1) is 13.6. The number of thiophene rings is 1. The monoisotopic (exact) mass is 351 g/mol. The molecule has 1 aliphatic rings. The molecule has 0 aromatic carbocycles. The van der Waals surface area contributed by atoms with Crippen molar-refractivity contribution < 1.29 is 4.79 Å². The van der Waals surface area contributed by atoms with Crippen LogP contribution in [0.15, 0.2) is 34.2 Å². The van der Waals surface area contributed by atoms with Crippen molar-refractivity contribution in [3.8, 4) is 0 Å². The van der Waals surface area contributed by atoms with Crippen molar-refractivity contribution in [3.63, 3.8) is 0 Å². The average Bonchev–Trinajstić information content (AvgIpc) is 3.10. The third-order valence-corrected chi connectivity index (χ3v) is 4.86. The van der Waals surface area contributed by atoms with E-state index < -0.39 is 0 Å². The zero-order chi connectivity index (χ0) is 13.9. The highest BCUT2D eigenvalue weighted by Crippen LogP contribution is 2.23. The normalized spacial score (nSPS) is 14.6. The third-order valence-electron chi connectivity index (χ3n) is 3.23. The summed E-state index contributed by atoms with van der Waals surface area (Å²) in [5.41, 5.74) is 0.725. The molecule has 1 N–H and O–H groups in total. The molecule has 1 aliphatic heterocycles. The van der Waals surface area contributed by atoms with E-state index in [2.05, 4.69) is 31.1 Å². The maximum atomic E-state index is 12.0. The molecule has 1 fully saturated rings. The van der Waals surface area contributed by atoms with E-state index in [-0.39, 0.29) is 5.91 Å². The molecule has 2 aromatic rings. The molecule has 104 valence electrons. The summed E-state index contributed by atoms with van der Waals surface area (Å²) in [6.07, 6.45) is 4.18. The smallest absolute Gasteiger partial charge is 0.265 e. The molecule has 3 rings (SSSR count). The quantitative estimate of drug-likeness (QED) is 0.915. The molecule has 0 atom stereocenters. The maximum Gasteiger partial charge on any atom is 0.265 e. The van der Waals surface area contributed by atoms with Crippen LogP contribution in [0.2, 0.25) is 0 Å². The number of hydrogen-bond donors (Lipinski definition) is 1. The van der Waals surface area contributed by atoms with E-state index in [0.717, 1.165) is 28.4 Å². The molecule has 0 unspecified atom stereocenters. The topological polar surface area (TPSA) is 45.2 Å². The minimum absolute atomic E-state index is 0.101. The van der Waals surface area contributed by atoms with Crippen molar-refractivity contribution in [1.29, 1.82) is 0 Å². The van der Waals surface area contributed by atoms with E-state index in [9.17, 15) is 4.79 Å². The first-order chi connectivity index (χ1) is 9.72. The molecule has 0 saturated carbocycles. The number of carbonyl (C=O) groups is 1. The fourth-order valence-electron chi connectivity index (χ4n) is 2.22. The number of nitrogens with one attached hydrogen (secondary N) is 1. The van der Waals surface area contributed by atoms with Gasteiger partial charge < -0.3 is 10.2 Å². The SMILES string of the molecule is O=C(Nc1ccc(N2CCCC2)nc1)c1ccc(Br)s1. The Balaban J connectivity index is 1.67. The van der Waals surface area contributed by atoms with Gasteiger partial charge in [-0.05, 0) is 53.0 Å². The van der Waals surface area contributed by atoms with Crippen LogP contribution < -0.4 is 10.2 Å². The van der Waals surface area contributed by atoms with Crippen LogP contribution >= 0.6 is 27.3 Å². The van der Waals surface area contributed by atoms with Gasteiger partial charge in [-0.2, -0.15) is 0 Å². The number of pyridine rings is 1. The van der Waals surface area contributed by atoms with Crippen LogP contribution in [0.5, 0.6) is 0 Å². The fourth-order valence-corrected chi connectivity index (χ4v) is 3.50. The molecule has 6 heteroatoms. The molecule has 20 heavy (non-hydrogen) atoms. The van der Waals surface area contributed by atoms with Crippen molar-refractivity contribution in [2.75, 3.05) is 23.3 Å². The molecular formula is C14H14BrN3OS. The number of hydrogen-bond acceptors (Lipinski definition) is 4. The van der Waals surface area contributed by atoms with Gasteiger partial charge in [0.2, 0.25) is 0 Å². The molecule has 1 amide bonds. The van der Waals surface area contributed by atoms with Gasteiger partial charge in [-0.25, -0.2) is 4.98 Å². The molecule has 0 spiro atoms. The lowest BCUT2D eigenvalue weighted by atomic mass is 10.3. The van der Waals surface area contributed by atoms with Crippen LogP contribution in [0.3, 0.4) is 0 Å². The minimum Gasteiger partial charge on any atom is -0.357 e. The van der Waals surface area contributed by atoms with Crippen molar-refractivity contribution in [3.05, 3.63) is 39.1 Å². The second-order valence-electron chi connectivity index (χ2n) is 4.66. The summed E-state index contributed by atoms with van der Waals surface area (Å²) in [4.78, 5) is 19.4.